The summed E-state index contributed by atoms with van der Waals surface area (Å²) in [4.78, 5) is 17.4. The molecule has 3 aliphatic heterocycles. The molecule has 3 fully saturated rings. The van der Waals surface area contributed by atoms with E-state index in [4.69, 9.17) is 26.8 Å². The van der Waals surface area contributed by atoms with Crippen molar-refractivity contribution in [1.82, 2.24) is 19.9 Å². The molecule has 0 radical (unpaired) electrons. The number of hydrogen-bond donors (Lipinski definition) is 1. The fourth-order valence-electron chi connectivity index (χ4n) is 6.95. The third-order valence-corrected chi connectivity index (χ3v) is 9.34. The average Bonchev–Trinajstić information content (AvgIpc) is 3.52. The summed E-state index contributed by atoms with van der Waals surface area (Å²) in [6, 6.07) is 1.79. The SMILES string of the molecule is CCN1c2nc(OC[C@@]34CCCN3C[C@H](F)C4)nc3c(F)c(-c4cc(N)cc(Cl)c4C(F)(F)F)nc(c23)OCC12CC2. The maximum Gasteiger partial charge on any atom is 0.418 e. The third-order valence-electron chi connectivity index (χ3n) is 9.04. The summed E-state index contributed by atoms with van der Waals surface area (Å²) in [6.45, 7) is 3.80. The lowest BCUT2D eigenvalue weighted by Crippen LogP contribution is -2.43. The Labute approximate surface area is 242 Å². The van der Waals surface area contributed by atoms with E-state index in [1.54, 1.807) is 0 Å². The van der Waals surface area contributed by atoms with Crippen molar-refractivity contribution >= 4 is 34.0 Å². The molecule has 42 heavy (non-hydrogen) atoms. The van der Waals surface area contributed by atoms with Crippen molar-refractivity contribution in [2.24, 2.45) is 0 Å². The normalized spacial score (nSPS) is 24.6. The molecule has 0 unspecified atom stereocenters. The van der Waals surface area contributed by atoms with Crippen molar-refractivity contribution < 1.29 is 31.4 Å². The monoisotopic (exact) mass is 610 g/mol. The first-order chi connectivity index (χ1) is 19.9. The largest absolute Gasteiger partial charge is 0.475 e. The lowest BCUT2D eigenvalue weighted by Gasteiger charge is -2.32. The molecular formula is C28H28ClF5N6O2. The van der Waals surface area contributed by atoms with Crippen LogP contribution in [-0.2, 0) is 6.18 Å². The Morgan fingerprint density at radius 1 is 1.19 bits per heavy atom. The molecule has 8 nitrogen and oxygen atoms in total. The zero-order valence-electron chi connectivity index (χ0n) is 22.7. The average molecular weight is 611 g/mol. The summed E-state index contributed by atoms with van der Waals surface area (Å²) in [7, 11) is 0. The van der Waals surface area contributed by atoms with Crippen LogP contribution in [0.25, 0.3) is 22.2 Å². The van der Waals surface area contributed by atoms with Crippen molar-refractivity contribution in [3.8, 4) is 23.1 Å². The number of aromatic nitrogens is 3. The van der Waals surface area contributed by atoms with Gasteiger partial charge in [0.05, 0.1) is 21.7 Å². The van der Waals surface area contributed by atoms with Gasteiger partial charge in [0, 0.05) is 30.8 Å². The molecule has 224 valence electrons. The molecule has 1 aliphatic carbocycles. The first-order valence-electron chi connectivity index (χ1n) is 13.9. The molecule has 0 bridgehead atoms. The molecule has 7 rings (SSSR count). The van der Waals surface area contributed by atoms with E-state index in [2.05, 4.69) is 19.9 Å². The van der Waals surface area contributed by atoms with Crippen LogP contribution in [-0.4, -0.2) is 69.9 Å². The number of nitrogens with zero attached hydrogens (tertiary/aromatic N) is 5. The highest BCUT2D eigenvalue weighted by Gasteiger charge is 2.52. The number of hydrogen-bond acceptors (Lipinski definition) is 8. The van der Waals surface area contributed by atoms with Crippen LogP contribution in [0.1, 0.15) is 44.6 Å². The van der Waals surface area contributed by atoms with Crippen LogP contribution < -0.4 is 20.1 Å². The van der Waals surface area contributed by atoms with Crippen LogP contribution in [0.2, 0.25) is 5.02 Å². The highest BCUT2D eigenvalue weighted by molar-refractivity contribution is 6.32. The number of rotatable bonds is 5. The van der Waals surface area contributed by atoms with Crippen LogP contribution in [0.3, 0.4) is 0 Å². The summed E-state index contributed by atoms with van der Waals surface area (Å²) >= 11 is 5.98. The molecule has 1 saturated carbocycles. The number of ether oxygens (including phenoxy) is 2. The Balaban J connectivity index is 1.42. The number of alkyl halides is 4. The lowest BCUT2D eigenvalue weighted by atomic mass is 9.95. The molecule has 14 heteroatoms. The van der Waals surface area contributed by atoms with E-state index in [1.165, 1.54) is 0 Å². The van der Waals surface area contributed by atoms with Crippen molar-refractivity contribution in [3.05, 3.63) is 28.5 Å². The van der Waals surface area contributed by atoms with Gasteiger partial charge in [0.25, 0.3) is 0 Å². The van der Waals surface area contributed by atoms with E-state index < -0.39 is 51.1 Å². The van der Waals surface area contributed by atoms with Crippen LogP contribution >= 0.6 is 11.6 Å². The third kappa shape index (κ3) is 4.22. The van der Waals surface area contributed by atoms with Gasteiger partial charge in [-0.3, -0.25) is 4.90 Å². The van der Waals surface area contributed by atoms with Gasteiger partial charge in [0.15, 0.2) is 5.82 Å². The Morgan fingerprint density at radius 3 is 2.69 bits per heavy atom. The first-order valence-corrected chi connectivity index (χ1v) is 14.3. The minimum atomic E-state index is -4.93. The summed E-state index contributed by atoms with van der Waals surface area (Å²) in [5, 5.41) is -0.543. The molecule has 2 N–H and O–H groups in total. The number of likely N-dealkylation sites (N-methyl/N-ethyl adjacent to an activating group) is 1. The molecular weight excluding hydrogens is 583 g/mol. The van der Waals surface area contributed by atoms with Gasteiger partial charge in [-0.25, -0.2) is 13.8 Å². The maximum atomic E-state index is 16.5. The van der Waals surface area contributed by atoms with Gasteiger partial charge in [0.2, 0.25) is 5.88 Å². The number of nitrogen functional groups attached to an aromatic ring is 1. The smallest absolute Gasteiger partial charge is 0.418 e. The number of fused-ring (bicyclic) bond motifs is 1. The quantitative estimate of drug-likeness (QED) is 0.287. The van der Waals surface area contributed by atoms with E-state index in [0.717, 1.165) is 44.4 Å². The van der Waals surface area contributed by atoms with E-state index >= 15 is 4.39 Å². The van der Waals surface area contributed by atoms with E-state index in [0.29, 0.717) is 25.3 Å². The predicted molar refractivity (Wildman–Crippen MR) is 146 cm³/mol. The minimum Gasteiger partial charge on any atom is -0.475 e. The summed E-state index contributed by atoms with van der Waals surface area (Å²) in [6.07, 6.45) is -2.37. The van der Waals surface area contributed by atoms with Gasteiger partial charge in [-0.15, -0.1) is 0 Å². The fourth-order valence-corrected chi connectivity index (χ4v) is 7.28. The number of benzene rings is 1. The highest BCUT2D eigenvalue weighted by Crippen LogP contribution is 2.51. The molecule has 2 saturated heterocycles. The molecule has 1 spiro atoms. The van der Waals surface area contributed by atoms with Crippen LogP contribution in [0.5, 0.6) is 11.9 Å². The Morgan fingerprint density at radius 2 is 1.98 bits per heavy atom. The van der Waals surface area contributed by atoms with Crippen molar-refractivity contribution in [2.75, 3.05) is 43.5 Å². The zero-order valence-corrected chi connectivity index (χ0v) is 23.5. The van der Waals surface area contributed by atoms with Gasteiger partial charge < -0.3 is 20.1 Å². The standard InChI is InChI=1S/C28H28ClF5N6O2/c1-2-40-23-18-22(37-25(38-23)42-13-27-4-3-7-39(27)11-14(30)10-27)20(31)21(36-24(18)41-12-26(40)5-6-26)16-8-15(35)9-17(29)19(16)28(32,33)34/h8-9,14H,2-7,10-13,35H2,1H3/t14-,27+/m1/s1. The number of pyridine rings is 1. The van der Waals surface area contributed by atoms with Crippen molar-refractivity contribution in [2.45, 2.75) is 62.5 Å². The van der Waals surface area contributed by atoms with Gasteiger partial charge in [0.1, 0.15) is 41.8 Å². The van der Waals surface area contributed by atoms with Crippen LogP contribution in [0.4, 0.5) is 33.5 Å². The maximum absolute atomic E-state index is 16.5. The zero-order chi connectivity index (χ0) is 29.6. The molecule has 4 aliphatic rings. The Kier molecular flexibility index (Phi) is 6.19. The van der Waals surface area contributed by atoms with Gasteiger partial charge in [-0.05, 0) is 51.3 Å². The lowest BCUT2D eigenvalue weighted by molar-refractivity contribution is -0.137. The Hall–Kier alpha value is -3.19. The van der Waals surface area contributed by atoms with E-state index in [-0.39, 0.29) is 41.7 Å². The van der Waals surface area contributed by atoms with Crippen molar-refractivity contribution in [3.63, 3.8) is 0 Å². The molecule has 1 aromatic carbocycles. The van der Waals surface area contributed by atoms with Gasteiger partial charge >= 0.3 is 12.2 Å². The van der Waals surface area contributed by atoms with E-state index in [9.17, 15) is 17.6 Å². The molecule has 5 heterocycles. The molecule has 3 aromatic rings. The predicted octanol–water partition coefficient (Wildman–Crippen LogP) is 5.79. The van der Waals surface area contributed by atoms with Crippen LogP contribution in [0, 0.1) is 5.82 Å². The highest BCUT2D eigenvalue weighted by atomic mass is 35.5. The number of nitrogens with two attached hydrogens (primary N) is 1. The van der Waals surface area contributed by atoms with Gasteiger partial charge in [-0.2, -0.15) is 23.1 Å². The second kappa shape index (κ2) is 9.40. The van der Waals surface area contributed by atoms with Gasteiger partial charge in [-0.1, -0.05) is 11.6 Å². The second-order valence-electron chi connectivity index (χ2n) is 11.7. The molecule has 2 aromatic heterocycles. The summed E-state index contributed by atoms with van der Waals surface area (Å²) < 4.78 is 85.4. The Bertz CT molecular complexity index is 1600. The first kappa shape index (κ1) is 27.6. The topological polar surface area (TPSA) is 89.6 Å². The van der Waals surface area contributed by atoms with Crippen LogP contribution in [0.15, 0.2) is 12.1 Å². The van der Waals surface area contributed by atoms with E-state index in [1.807, 2.05) is 11.8 Å². The minimum absolute atomic E-state index is 0.0894. The second-order valence-corrected chi connectivity index (χ2v) is 12.1. The number of halogens is 6. The fraction of sp³-hybridized carbons (Fsp3) is 0.536. The number of anilines is 2. The summed E-state index contributed by atoms with van der Waals surface area (Å²) in [5.41, 5.74) is 1.96. The van der Waals surface area contributed by atoms with Crippen molar-refractivity contribution in [1.29, 1.82) is 0 Å². The summed E-state index contributed by atoms with van der Waals surface area (Å²) in [5.74, 6) is -0.877. The molecule has 0 amide bonds. The molecule has 2 atom stereocenters.